The van der Waals surface area contributed by atoms with Gasteiger partial charge in [0.15, 0.2) is 0 Å². The highest BCUT2D eigenvalue weighted by molar-refractivity contribution is 8.00. The molecule has 708 valence electrons. The third kappa shape index (κ3) is 26.9. The standard InChI is InChI=1S/C90H123N21O19S/c1-8-10-24-69-82(122)98-51(5)77(117)106-68(78(118)96-45-75(92)115)47-131-48-76(116)99-64(37-52-29-31-56(113)32-30-52)88(128)109-33-17-16-26-70(109)85(125)104-66(41-74(91)114)89(129)111-35-19-28-72(111)84(124)101-62(40-55-44-93-49-97-55)80(120)102-63(36-50(3)4)87(127)110-34-18-27-71(110)83(123)100-61(38-53-42-94-59-22-14-12-20-57(53)59)79(119)105-67(46-112)81(121)103-65(39-54-43-95-60-23-15-13-21-58(54)60)86(126)108(7)73(25-11-9-2)90(130)107(69)6/h12-15,20-23,29-32,42-44,49-51,61-73,94-95,112-113H,8-11,16-19,24-28,33-41,45-48H2,1-7H3,(H2,91,114)(H2,92,115)(H,93,97)(H,96,118)(H,98,122)(H,99,116)(H,100,123)(H,101,124)(H,102,120)(H,103,121)(H,104,125)(H,105,119)(H,106,117)/t51-,61-,62-,63-,64-,65-,66-,67-,68-,69-,70-,71-,72-,73-/m0/s1. The highest BCUT2D eigenvalue weighted by Crippen LogP contribution is 2.29. The third-order valence-electron chi connectivity index (χ3n) is 24.2. The number of primary amides is 2. The van der Waals surface area contributed by atoms with Gasteiger partial charge in [0.2, 0.25) is 100 Å². The molecule has 17 amide bonds. The maximum atomic E-state index is 15.6. The molecule has 4 aliphatic heterocycles. The number of benzene rings is 3. The minimum absolute atomic E-state index is 0.00411. The van der Waals surface area contributed by atoms with Gasteiger partial charge < -0.3 is 114 Å². The van der Waals surface area contributed by atoms with E-state index in [0.29, 0.717) is 82.7 Å². The number of para-hydroxylation sites is 2. The van der Waals surface area contributed by atoms with E-state index in [0.717, 1.165) is 16.7 Å². The number of aromatic amines is 3. The molecule has 0 saturated carbocycles. The number of aromatic nitrogens is 4. The number of thioether (sulfide) groups is 1. The number of fused-ring (bicyclic) bond motifs is 5. The Morgan fingerprint density at radius 1 is 0.511 bits per heavy atom. The van der Waals surface area contributed by atoms with Crippen LogP contribution in [0.1, 0.15) is 153 Å². The Kier molecular flexibility index (Phi) is 36.4. The molecule has 0 bridgehead atoms. The molecule has 4 saturated heterocycles. The number of aromatic hydroxyl groups is 1. The second-order valence-electron chi connectivity index (χ2n) is 34.4. The Labute approximate surface area is 762 Å². The zero-order valence-corrected chi connectivity index (χ0v) is 75.7. The second-order valence-corrected chi connectivity index (χ2v) is 35.4. The molecule has 6 aromatic rings. The van der Waals surface area contributed by atoms with E-state index in [1.165, 1.54) is 77.4 Å². The number of nitrogens with one attached hydrogen (secondary N) is 13. The monoisotopic (exact) mass is 1830 g/mol. The van der Waals surface area contributed by atoms with Crippen LogP contribution in [-0.2, 0) is 107 Å². The maximum absolute atomic E-state index is 15.6. The minimum atomic E-state index is -1.83. The number of rotatable bonds is 22. The number of carbonyl (C=O) groups is 17. The molecule has 41 heteroatoms. The van der Waals surface area contributed by atoms with Crippen LogP contribution < -0.4 is 64.6 Å². The quantitative estimate of drug-likeness (QED) is 0.0403. The molecule has 40 nitrogen and oxygen atoms in total. The largest absolute Gasteiger partial charge is 0.508 e. The number of nitrogens with two attached hydrogens (primary N) is 2. The van der Waals surface area contributed by atoms with Gasteiger partial charge in [-0.15, -0.1) is 11.8 Å². The summed E-state index contributed by atoms with van der Waals surface area (Å²) < 4.78 is 0. The number of aliphatic hydroxyl groups excluding tert-OH is 1. The Bertz CT molecular complexity index is 5080. The number of carbonyl (C=O) groups excluding carboxylic acids is 17. The summed E-state index contributed by atoms with van der Waals surface area (Å²) in [7, 11) is 2.74. The van der Waals surface area contributed by atoms with Crippen molar-refractivity contribution in [3.8, 4) is 5.75 Å². The zero-order valence-electron chi connectivity index (χ0n) is 74.9. The van der Waals surface area contributed by atoms with E-state index < -0.39 is 210 Å². The number of amides is 17. The Balaban J connectivity index is 0.997. The van der Waals surface area contributed by atoms with Crippen LogP contribution in [-0.4, -0.2) is 298 Å². The van der Waals surface area contributed by atoms with Crippen molar-refractivity contribution in [3.05, 3.63) is 120 Å². The molecule has 0 radical (unpaired) electrons. The van der Waals surface area contributed by atoms with Gasteiger partial charge in [0.25, 0.3) is 0 Å². The summed E-state index contributed by atoms with van der Waals surface area (Å²) in [6.45, 7) is 6.78. The second kappa shape index (κ2) is 47.6. The highest BCUT2D eigenvalue weighted by atomic mass is 32.2. The molecular weight excluding hydrogens is 1710 g/mol. The lowest BCUT2D eigenvalue weighted by Gasteiger charge is -2.38. The SMILES string of the molecule is CCCC[C@H]1C(=O)N(C)[C@@H](CCCC)C(=O)N[C@@H](C)C(=O)N[C@H](C(=O)NCC(N)=O)CSCC(=O)N[C@@H](Cc2ccc(O)cc2)C(=O)N2CCCC[C@H]2C(=O)N[C@@H](CC(N)=O)C(=O)N2CCC[C@H]2C(=O)N[C@@H](Cc2c[nH]cn2)C(=O)N[C@@H](CC(C)C)C(=O)N2CCC[C@H]2C(=O)N[C@@H](Cc2c[nH]c3ccccc23)C(=O)N[C@@H](CO)C(=O)N[C@@H](Cc2c[nH]c3ccccc23)C(=O)N1C. The van der Waals surface area contributed by atoms with Crippen molar-refractivity contribution in [1.29, 1.82) is 0 Å². The van der Waals surface area contributed by atoms with Crippen molar-refractivity contribution >= 4 is 134 Å². The summed E-state index contributed by atoms with van der Waals surface area (Å²) in [5.41, 5.74) is 14.4. The number of piperidine rings is 1. The van der Waals surface area contributed by atoms with Crippen LogP contribution in [0.4, 0.5) is 0 Å². The van der Waals surface area contributed by atoms with E-state index in [-0.39, 0.29) is 114 Å². The minimum Gasteiger partial charge on any atom is -0.508 e. The van der Waals surface area contributed by atoms with Gasteiger partial charge in [0, 0.05) is 106 Å². The van der Waals surface area contributed by atoms with Crippen molar-refractivity contribution in [2.75, 3.05) is 58.4 Å². The molecule has 10 rings (SSSR count). The van der Waals surface area contributed by atoms with Crippen molar-refractivity contribution in [2.24, 2.45) is 17.4 Å². The highest BCUT2D eigenvalue weighted by Gasteiger charge is 2.46. The van der Waals surface area contributed by atoms with E-state index in [1.807, 2.05) is 13.8 Å². The van der Waals surface area contributed by atoms with Gasteiger partial charge in [0.1, 0.15) is 90.3 Å². The Morgan fingerprint density at radius 3 is 1.55 bits per heavy atom. The predicted octanol–water partition coefficient (Wildman–Crippen LogP) is -0.609. The third-order valence-corrected chi connectivity index (χ3v) is 25.2. The summed E-state index contributed by atoms with van der Waals surface area (Å²) in [6, 6.07) is -0.465. The van der Waals surface area contributed by atoms with Gasteiger partial charge in [0.05, 0.1) is 37.3 Å². The Hall–Kier alpha value is -13.0. The van der Waals surface area contributed by atoms with Crippen molar-refractivity contribution in [3.63, 3.8) is 0 Å². The first-order valence-electron chi connectivity index (χ1n) is 44.7. The summed E-state index contributed by atoms with van der Waals surface area (Å²) in [5.74, 6) is -16.1. The van der Waals surface area contributed by atoms with Gasteiger partial charge in [-0.1, -0.05) is 102 Å². The van der Waals surface area contributed by atoms with Crippen molar-refractivity contribution < 1.29 is 91.7 Å². The number of aliphatic hydroxyl groups is 1. The van der Waals surface area contributed by atoms with Crippen LogP contribution in [0.2, 0.25) is 0 Å². The number of hydrogen-bond donors (Lipinski definition) is 17. The average Bonchev–Trinajstić information content (AvgIpc) is 1.78. The molecular formula is C90H123N21O19S. The summed E-state index contributed by atoms with van der Waals surface area (Å²) in [6.07, 6.45) is 7.69. The molecule has 3 aromatic carbocycles. The lowest BCUT2D eigenvalue weighted by molar-refractivity contribution is -0.149. The van der Waals surface area contributed by atoms with Crippen molar-refractivity contribution in [1.82, 2.24) is 97.6 Å². The number of phenolic OH excluding ortho intramolecular Hbond substituents is 1. The number of likely N-dealkylation sites (N-methyl/N-ethyl adjacent to an activating group) is 2. The van der Waals surface area contributed by atoms with Gasteiger partial charge in [-0.05, 0) is 118 Å². The van der Waals surface area contributed by atoms with Gasteiger partial charge in [-0.3, -0.25) is 81.5 Å². The van der Waals surface area contributed by atoms with E-state index in [1.54, 1.807) is 74.8 Å². The molecule has 4 fully saturated rings. The van der Waals surface area contributed by atoms with Crippen LogP contribution in [0.25, 0.3) is 21.8 Å². The number of nitrogens with zero attached hydrogens (tertiary/aromatic N) is 6. The number of H-pyrrole nitrogens is 3. The maximum Gasteiger partial charge on any atom is 0.246 e. The van der Waals surface area contributed by atoms with Gasteiger partial charge >= 0.3 is 0 Å². The van der Waals surface area contributed by atoms with Crippen LogP contribution in [0, 0.1) is 5.92 Å². The topological polar surface area (TPSA) is 579 Å². The molecule has 0 spiro atoms. The number of imidazole rings is 1. The molecule has 0 unspecified atom stereocenters. The van der Waals surface area contributed by atoms with Gasteiger partial charge in [-0.2, -0.15) is 0 Å². The summed E-state index contributed by atoms with van der Waals surface area (Å²) >= 11 is 0.810. The first-order chi connectivity index (χ1) is 62.7. The van der Waals surface area contributed by atoms with E-state index in [9.17, 15) is 48.6 Å². The van der Waals surface area contributed by atoms with E-state index in [2.05, 4.69) is 73.1 Å². The van der Waals surface area contributed by atoms with E-state index in [4.69, 9.17) is 11.5 Å². The molecule has 3 aromatic heterocycles. The number of unbranched alkanes of at least 4 members (excludes halogenated alkanes) is 2. The fourth-order valence-electron chi connectivity index (χ4n) is 17.1. The Morgan fingerprint density at radius 2 is 1.00 bits per heavy atom. The summed E-state index contributed by atoms with van der Waals surface area (Å²) in [4.78, 5) is 269. The predicted molar refractivity (Wildman–Crippen MR) is 482 cm³/mol. The molecule has 0 aliphatic carbocycles. The first-order valence-corrected chi connectivity index (χ1v) is 45.9. The lowest BCUT2D eigenvalue weighted by atomic mass is 9.97. The lowest BCUT2D eigenvalue weighted by Crippen LogP contribution is -2.62. The first kappa shape index (κ1) is 100. The van der Waals surface area contributed by atoms with Gasteiger partial charge in [-0.25, -0.2) is 4.98 Å². The molecule has 19 N–H and O–H groups in total. The normalized spacial score (nSPS) is 25.2. The molecule has 131 heavy (non-hydrogen) atoms. The van der Waals surface area contributed by atoms with E-state index >= 15 is 43.2 Å². The fraction of sp³-hybridized carbons (Fsp3) is 0.533. The molecule has 4 aliphatic rings. The zero-order chi connectivity index (χ0) is 94.9. The number of phenols is 1. The van der Waals surface area contributed by atoms with Crippen LogP contribution in [0.3, 0.4) is 0 Å². The fourth-order valence-corrected chi connectivity index (χ4v) is 18.0. The molecule has 7 heterocycles. The average molecular weight is 1840 g/mol. The van der Waals surface area contributed by atoms with Crippen LogP contribution >= 0.6 is 11.8 Å². The molecule has 14 atom stereocenters. The van der Waals surface area contributed by atoms with Crippen LogP contribution in [0.5, 0.6) is 5.75 Å². The summed E-state index contributed by atoms with van der Waals surface area (Å²) in [5, 5.41) is 49.6. The van der Waals surface area contributed by atoms with Crippen molar-refractivity contribution in [2.45, 2.75) is 241 Å². The smallest absolute Gasteiger partial charge is 0.246 e. The van der Waals surface area contributed by atoms with Crippen LogP contribution in [0.15, 0.2) is 97.7 Å². The number of hydrogen-bond acceptors (Lipinski definition) is 21.